The fourth-order valence-electron chi connectivity index (χ4n) is 2.30. The lowest BCUT2D eigenvalue weighted by molar-refractivity contribution is 0.0250. The first-order valence-corrected chi connectivity index (χ1v) is 8.56. The van der Waals surface area contributed by atoms with Crippen molar-refractivity contribution in [3.05, 3.63) is 0 Å². The van der Waals surface area contributed by atoms with E-state index in [-0.39, 0.29) is 0 Å². The molecule has 1 N–H and O–H groups in total. The lowest BCUT2D eigenvalue weighted by atomic mass is 9.95. The van der Waals surface area contributed by atoms with Crippen LogP contribution in [0.2, 0.25) is 0 Å². The highest BCUT2D eigenvalue weighted by molar-refractivity contribution is 7.99. The highest BCUT2D eigenvalue weighted by Gasteiger charge is 2.19. The van der Waals surface area contributed by atoms with Gasteiger partial charge in [0.15, 0.2) is 0 Å². The number of nitrogens with one attached hydrogen (secondary N) is 1. The van der Waals surface area contributed by atoms with Gasteiger partial charge in [0.2, 0.25) is 0 Å². The Balaban J connectivity index is 1.81. The molecule has 1 saturated carbocycles. The van der Waals surface area contributed by atoms with Crippen molar-refractivity contribution in [2.45, 2.75) is 37.0 Å². The molecule has 0 aromatic rings. The Kier molecular flexibility index (Phi) is 10.9. The normalized spacial score (nSPS) is 23.7. The maximum absolute atomic E-state index is 5.51. The van der Waals surface area contributed by atoms with Crippen LogP contribution in [0.1, 0.15) is 25.7 Å². The summed E-state index contributed by atoms with van der Waals surface area (Å²) < 4.78 is 15.7. The summed E-state index contributed by atoms with van der Waals surface area (Å²) >= 11 is 2.02. The standard InChI is InChI=1S/C14H29NO3S/c1-16-9-10-18-12-11-17-8-7-15-13-3-5-14(19-2)6-4-13/h13-15H,3-12H2,1-2H3. The molecule has 0 bridgehead atoms. The Morgan fingerprint density at radius 2 is 1.58 bits per heavy atom. The Labute approximate surface area is 121 Å². The third-order valence-electron chi connectivity index (χ3n) is 3.49. The van der Waals surface area contributed by atoms with E-state index in [0.717, 1.165) is 18.4 Å². The van der Waals surface area contributed by atoms with Crippen LogP contribution in [0.15, 0.2) is 0 Å². The van der Waals surface area contributed by atoms with Crippen LogP contribution in [0.5, 0.6) is 0 Å². The fourth-order valence-corrected chi connectivity index (χ4v) is 3.05. The van der Waals surface area contributed by atoms with E-state index in [9.17, 15) is 0 Å². The van der Waals surface area contributed by atoms with Gasteiger partial charge < -0.3 is 19.5 Å². The molecule has 0 aromatic carbocycles. The van der Waals surface area contributed by atoms with Crippen LogP contribution >= 0.6 is 11.8 Å². The Hall–Kier alpha value is 0.190. The van der Waals surface area contributed by atoms with Gasteiger partial charge in [-0.15, -0.1) is 0 Å². The van der Waals surface area contributed by atoms with Crippen LogP contribution in [0, 0.1) is 0 Å². The molecule has 0 aliphatic heterocycles. The van der Waals surface area contributed by atoms with Crippen molar-refractivity contribution in [1.82, 2.24) is 5.32 Å². The summed E-state index contributed by atoms with van der Waals surface area (Å²) in [7, 11) is 1.68. The number of ether oxygens (including phenoxy) is 3. The predicted octanol–water partition coefficient (Wildman–Crippen LogP) is 1.93. The molecule has 0 atom stereocenters. The van der Waals surface area contributed by atoms with E-state index in [2.05, 4.69) is 11.6 Å². The number of methoxy groups -OCH3 is 1. The van der Waals surface area contributed by atoms with E-state index in [4.69, 9.17) is 14.2 Å². The van der Waals surface area contributed by atoms with Crippen molar-refractivity contribution in [3.63, 3.8) is 0 Å². The van der Waals surface area contributed by atoms with Gasteiger partial charge in [0.1, 0.15) is 0 Å². The average molecular weight is 291 g/mol. The lowest BCUT2D eigenvalue weighted by Crippen LogP contribution is -2.36. The van der Waals surface area contributed by atoms with Crippen LogP contribution in [0.3, 0.4) is 0 Å². The number of hydrogen-bond acceptors (Lipinski definition) is 5. The quantitative estimate of drug-likeness (QED) is 0.589. The largest absolute Gasteiger partial charge is 0.382 e. The summed E-state index contributed by atoms with van der Waals surface area (Å²) in [6.07, 6.45) is 7.55. The van der Waals surface area contributed by atoms with Crippen LogP contribution in [-0.2, 0) is 14.2 Å². The Bertz CT molecular complexity index is 199. The minimum Gasteiger partial charge on any atom is -0.382 e. The Morgan fingerprint density at radius 3 is 2.21 bits per heavy atom. The second kappa shape index (κ2) is 12.0. The molecule has 0 unspecified atom stereocenters. The third kappa shape index (κ3) is 8.87. The van der Waals surface area contributed by atoms with Gasteiger partial charge in [-0.3, -0.25) is 0 Å². The summed E-state index contributed by atoms with van der Waals surface area (Å²) in [4.78, 5) is 0. The fraction of sp³-hybridized carbons (Fsp3) is 1.00. The predicted molar refractivity (Wildman–Crippen MR) is 81.1 cm³/mol. The van der Waals surface area contributed by atoms with E-state index in [0.29, 0.717) is 32.5 Å². The molecule has 0 saturated heterocycles. The minimum absolute atomic E-state index is 0.650. The molecule has 1 aliphatic carbocycles. The molecule has 114 valence electrons. The molecule has 1 aliphatic rings. The maximum atomic E-state index is 5.51. The van der Waals surface area contributed by atoms with Gasteiger partial charge in [0.25, 0.3) is 0 Å². The highest BCUT2D eigenvalue weighted by Crippen LogP contribution is 2.26. The molecule has 0 heterocycles. The van der Waals surface area contributed by atoms with Gasteiger partial charge in [-0.2, -0.15) is 11.8 Å². The molecule has 0 aromatic heterocycles. The van der Waals surface area contributed by atoms with Gasteiger partial charge in [-0.25, -0.2) is 0 Å². The average Bonchev–Trinajstić information content (AvgIpc) is 2.46. The van der Waals surface area contributed by atoms with Crippen molar-refractivity contribution in [1.29, 1.82) is 0 Å². The lowest BCUT2D eigenvalue weighted by Gasteiger charge is -2.28. The molecule has 19 heavy (non-hydrogen) atoms. The first-order valence-electron chi connectivity index (χ1n) is 7.27. The van der Waals surface area contributed by atoms with E-state index in [1.165, 1.54) is 25.7 Å². The van der Waals surface area contributed by atoms with Crippen molar-refractivity contribution >= 4 is 11.8 Å². The minimum atomic E-state index is 0.650. The van der Waals surface area contributed by atoms with Gasteiger partial charge in [-0.05, 0) is 31.9 Å². The molecule has 0 radical (unpaired) electrons. The van der Waals surface area contributed by atoms with Crippen molar-refractivity contribution in [2.24, 2.45) is 0 Å². The highest BCUT2D eigenvalue weighted by atomic mass is 32.2. The first kappa shape index (κ1) is 17.2. The van der Waals surface area contributed by atoms with E-state index in [1.54, 1.807) is 7.11 Å². The summed E-state index contributed by atoms with van der Waals surface area (Å²) in [6.45, 7) is 4.35. The third-order valence-corrected chi connectivity index (χ3v) is 4.63. The molecule has 1 rings (SSSR count). The molecule has 5 heteroatoms. The van der Waals surface area contributed by atoms with E-state index < -0.39 is 0 Å². The topological polar surface area (TPSA) is 39.7 Å². The molecular formula is C14H29NO3S. The monoisotopic (exact) mass is 291 g/mol. The van der Waals surface area contributed by atoms with Crippen molar-refractivity contribution in [3.8, 4) is 0 Å². The van der Waals surface area contributed by atoms with E-state index in [1.807, 2.05) is 11.8 Å². The molecule has 1 fully saturated rings. The van der Waals surface area contributed by atoms with Gasteiger partial charge in [0, 0.05) is 24.9 Å². The van der Waals surface area contributed by atoms with E-state index >= 15 is 0 Å². The zero-order valence-electron chi connectivity index (χ0n) is 12.4. The SMILES string of the molecule is COCCOCCOCCNC1CCC(SC)CC1. The zero-order valence-corrected chi connectivity index (χ0v) is 13.2. The zero-order chi connectivity index (χ0) is 13.8. The molecular weight excluding hydrogens is 262 g/mol. The van der Waals surface area contributed by atoms with Gasteiger partial charge in [-0.1, -0.05) is 0 Å². The second-order valence-corrected chi connectivity index (χ2v) is 6.02. The van der Waals surface area contributed by atoms with Gasteiger partial charge >= 0.3 is 0 Å². The van der Waals surface area contributed by atoms with Crippen LogP contribution in [0.4, 0.5) is 0 Å². The second-order valence-electron chi connectivity index (χ2n) is 4.88. The van der Waals surface area contributed by atoms with Crippen molar-refractivity contribution in [2.75, 3.05) is 52.9 Å². The van der Waals surface area contributed by atoms with Crippen LogP contribution in [-0.4, -0.2) is 64.2 Å². The molecule has 0 amide bonds. The first-order chi connectivity index (χ1) is 9.36. The van der Waals surface area contributed by atoms with Crippen LogP contribution in [0.25, 0.3) is 0 Å². The smallest absolute Gasteiger partial charge is 0.0701 e. The molecule has 0 spiro atoms. The summed E-state index contributed by atoms with van der Waals surface area (Å²) in [5.41, 5.74) is 0. The number of hydrogen-bond donors (Lipinski definition) is 1. The Morgan fingerprint density at radius 1 is 0.947 bits per heavy atom. The number of rotatable bonds is 11. The molecule has 4 nitrogen and oxygen atoms in total. The van der Waals surface area contributed by atoms with Crippen molar-refractivity contribution < 1.29 is 14.2 Å². The maximum Gasteiger partial charge on any atom is 0.0701 e. The summed E-state index contributed by atoms with van der Waals surface area (Å²) in [5.74, 6) is 0. The number of thioether (sulfide) groups is 1. The van der Waals surface area contributed by atoms with Crippen LogP contribution < -0.4 is 5.32 Å². The summed E-state index contributed by atoms with van der Waals surface area (Å²) in [6, 6.07) is 0.699. The summed E-state index contributed by atoms with van der Waals surface area (Å²) in [5, 5.41) is 4.47. The van der Waals surface area contributed by atoms with Gasteiger partial charge in [0.05, 0.1) is 33.0 Å².